The van der Waals surface area contributed by atoms with Gasteiger partial charge in [0.15, 0.2) is 22.3 Å². The van der Waals surface area contributed by atoms with E-state index in [2.05, 4.69) is 20.4 Å². The van der Waals surface area contributed by atoms with E-state index < -0.39 is 0 Å². The van der Waals surface area contributed by atoms with Gasteiger partial charge in [0.1, 0.15) is 13.2 Å². The second-order valence-electron chi connectivity index (χ2n) is 7.20. The highest BCUT2D eigenvalue weighted by Crippen LogP contribution is 2.35. The number of carbonyl (C=O) groups is 1. The summed E-state index contributed by atoms with van der Waals surface area (Å²) in [5.74, 6) is 1.21. The van der Waals surface area contributed by atoms with E-state index in [0.29, 0.717) is 35.4 Å². The van der Waals surface area contributed by atoms with Gasteiger partial charge in [-0.2, -0.15) is 0 Å². The van der Waals surface area contributed by atoms with Gasteiger partial charge in [-0.1, -0.05) is 0 Å². The highest BCUT2D eigenvalue weighted by atomic mass is 32.1. The van der Waals surface area contributed by atoms with Crippen molar-refractivity contribution in [2.45, 2.75) is 20.3 Å². The Morgan fingerprint density at radius 1 is 1.19 bits per heavy atom. The van der Waals surface area contributed by atoms with Crippen LogP contribution in [-0.4, -0.2) is 38.7 Å². The molecule has 5 rings (SSSR count). The van der Waals surface area contributed by atoms with Crippen LogP contribution in [0.5, 0.6) is 11.5 Å². The molecule has 0 aliphatic carbocycles. The number of benzene rings is 1. The predicted molar refractivity (Wildman–Crippen MR) is 116 cm³/mol. The Balaban J connectivity index is 1.34. The molecule has 1 amide bonds. The number of hydrogen-bond donors (Lipinski definition) is 2. The topological polar surface area (TPSA) is 111 Å². The van der Waals surface area contributed by atoms with Crippen molar-refractivity contribution in [1.82, 2.24) is 19.6 Å². The summed E-state index contributed by atoms with van der Waals surface area (Å²) in [6, 6.07) is 7.10. The zero-order chi connectivity index (χ0) is 21.5. The van der Waals surface area contributed by atoms with Gasteiger partial charge >= 0.3 is 0 Å². The number of aromatic nitrogens is 4. The molecule has 0 unspecified atom stereocenters. The van der Waals surface area contributed by atoms with Gasteiger partial charge in [0.25, 0.3) is 5.56 Å². The summed E-state index contributed by atoms with van der Waals surface area (Å²) >= 11 is 1.35. The van der Waals surface area contributed by atoms with Crippen LogP contribution in [0.15, 0.2) is 34.4 Å². The quantitative estimate of drug-likeness (QED) is 0.508. The number of fused-ring (bicyclic) bond motifs is 2. The van der Waals surface area contributed by atoms with Crippen molar-refractivity contribution in [1.29, 1.82) is 0 Å². The number of anilines is 1. The van der Waals surface area contributed by atoms with E-state index in [1.54, 1.807) is 4.52 Å². The molecule has 0 saturated heterocycles. The second kappa shape index (κ2) is 7.55. The molecule has 0 spiro atoms. The smallest absolute Gasteiger partial charge is 0.266 e. The normalized spacial score (nSPS) is 12.8. The van der Waals surface area contributed by atoms with E-state index in [1.807, 2.05) is 37.4 Å². The molecule has 2 N–H and O–H groups in total. The summed E-state index contributed by atoms with van der Waals surface area (Å²) in [7, 11) is 0. The van der Waals surface area contributed by atoms with E-state index in [-0.39, 0.29) is 17.9 Å². The second-order valence-corrected chi connectivity index (χ2v) is 8.05. The van der Waals surface area contributed by atoms with E-state index >= 15 is 0 Å². The zero-order valence-corrected chi connectivity index (χ0v) is 17.7. The van der Waals surface area contributed by atoms with Crippen LogP contribution in [0.25, 0.3) is 16.9 Å². The molecule has 1 aliphatic rings. The van der Waals surface area contributed by atoms with Crippen molar-refractivity contribution in [2.24, 2.45) is 0 Å². The fourth-order valence-corrected chi connectivity index (χ4v) is 4.34. The lowest BCUT2D eigenvalue weighted by molar-refractivity contribution is -0.115. The third-order valence-electron chi connectivity index (χ3n) is 5.13. The van der Waals surface area contributed by atoms with Crippen LogP contribution >= 0.6 is 11.3 Å². The maximum Gasteiger partial charge on any atom is 0.266 e. The summed E-state index contributed by atoms with van der Waals surface area (Å²) in [6.45, 7) is 4.74. The average Bonchev–Trinajstić information content (AvgIpc) is 3.37. The molecule has 4 aromatic rings. The molecule has 0 fully saturated rings. The third-order valence-corrected chi connectivity index (χ3v) is 5.89. The van der Waals surface area contributed by atoms with E-state index in [4.69, 9.17) is 9.47 Å². The van der Waals surface area contributed by atoms with Gasteiger partial charge in [0.2, 0.25) is 5.91 Å². The Labute approximate surface area is 180 Å². The molecule has 158 valence electrons. The van der Waals surface area contributed by atoms with Gasteiger partial charge in [0.05, 0.1) is 12.1 Å². The molecule has 3 aromatic heterocycles. The number of nitrogens with zero attached hydrogens (tertiary/aromatic N) is 3. The van der Waals surface area contributed by atoms with Crippen LogP contribution in [0.1, 0.15) is 17.0 Å². The van der Waals surface area contributed by atoms with Gasteiger partial charge in [-0.25, -0.2) is 14.5 Å². The fraction of sp³-hybridized carbons (Fsp3) is 0.238. The first-order valence-electron chi connectivity index (χ1n) is 9.71. The van der Waals surface area contributed by atoms with Crippen molar-refractivity contribution in [3.63, 3.8) is 0 Å². The SMILES string of the molecule is Cc1nc2cc(=O)[nH]n2c(C)c1CC(=O)Nc1nc(-c2ccc3c(c2)OCCO3)cs1. The highest BCUT2D eigenvalue weighted by molar-refractivity contribution is 7.14. The number of amides is 1. The minimum atomic E-state index is -0.231. The molecule has 31 heavy (non-hydrogen) atoms. The number of aromatic amines is 1. The lowest BCUT2D eigenvalue weighted by atomic mass is 10.1. The molecular weight excluding hydrogens is 418 g/mol. The molecule has 1 aliphatic heterocycles. The van der Waals surface area contributed by atoms with Crippen LogP contribution < -0.4 is 20.3 Å². The van der Waals surface area contributed by atoms with Gasteiger partial charge in [0, 0.05) is 34.0 Å². The first kappa shape index (κ1) is 19.3. The number of H-pyrrole nitrogens is 1. The molecule has 0 saturated carbocycles. The number of aryl methyl sites for hydroxylation is 2. The van der Waals surface area contributed by atoms with Crippen LogP contribution in [0.4, 0.5) is 5.13 Å². The largest absolute Gasteiger partial charge is 0.486 e. The first-order valence-corrected chi connectivity index (χ1v) is 10.6. The van der Waals surface area contributed by atoms with Crippen molar-refractivity contribution in [2.75, 3.05) is 18.5 Å². The number of hydrogen-bond acceptors (Lipinski definition) is 7. The van der Waals surface area contributed by atoms with E-state index in [9.17, 15) is 9.59 Å². The number of rotatable bonds is 4. The molecule has 1 aromatic carbocycles. The Morgan fingerprint density at radius 3 is 2.84 bits per heavy atom. The van der Waals surface area contributed by atoms with Gasteiger partial charge in [-0.15, -0.1) is 11.3 Å². The molecular formula is C21H19N5O4S. The first-order chi connectivity index (χ1) is 15.0. The maximum absolute atomic E-state index is 12.7. The van der Waals surface area contributed by atoms with Crippen molar-refractivity contribution in [3.05, 3.63) is 57.0 Å². The summed E-state index contributed by atoms with van der Waals surface area (Å²) in [6.07, 6.45) is 0.125. The van der Waals surface area contributed by atoms with Crippen molar-refractivity contribution < 1.29 is 14.3 Å². The molecule has 0 radical (unpaired) electrons. The summed E-state index contributed by atoms with van der Waals surface area (Å²) in [5, 5.41) is 7.94. The predicted octanol–water partition coefficient (Wildman–Crippen LogP) is 2.72. The third kappa shape index (κ3) is 3.66. The zero-order valence-electron chi connectivity index (χ0n) is 16.9. The van der Waals surface area contributed by atoms with Crippen LogP contribution in [0.2, 0.25) is 0 Å². The highest BCUT2D eigenvalue weighted by Gasteiger charge is 2.17. The molecule has 0 atom stereocenters. The van der Waals surface area contributed by atoms with Crippen LogP contribution in [0.3, 0.4) is 0 Å². The van der Waals surface area contributed by atoms with Crippen LogP contribution in [0, 0.1) is 13.8 Å². The fourth-order valence-electron chi connectivity index (χ4n) is 3.60. The number of ether oxygens (including phenoxy) is 2. The minimum absolute atomic E-state index is 0.125. The van der Waals surface area contributed by atoms with Crippen molar-refractivity contribution in [3.8, 4) is 22.8 Å². The number of thiazole rings is 1. The summed E-state index contributed by atoms with van der Waals surface area (Å²) in [5.41, 5.74) is 4.19. The molecule has 0 bridgehead atoms. The lowest BCUT2D eigenvalue weighted by Crippen LogP contribution is -2.17. The molecule has 9 nitrogen and oxygen atoms in total. The Bertz CT molecular complexity index is 1370. The maximum atomic E-state index is 12.7. The molecule has 4 heterocycles. The average molecular weight is 437 g/mol. The Morgan fingerprint density at radius 2 is 2.00 bits per heavy atom. The van der Waals surface area contributed by atoms with Gasteiger partial charge in [-0.3, -0.25) is 14.7 Å². The number of carbonyl (C=O) groups excluding carboxylic acids is 1. The van der Waals surface area contributed by atoms with Gasteiger partial charge in [-0.05, 0) is 32.0 Å². The van der Waals surface area contributed by atoms with Crippen molar-refractivity contribution >= 4 is 28.0 Å². The summed E-state index contributed by atoms with van der Waals surface area (Å²) < 4.78 is 12.8. The standard InChI is InChI=1S/C21H19N5O4S/c1-11-14(12(2)26-18(22-11)9-20(28)25-26)8-19(27)24-21-23-15(10-31-21)13-3-4-16-17(7-13)30-6-5-29-16/h3-4,7,9-10H,5-6,8H2,1-2H3,(H,25,28)(H,23,24,27). The Kier molecular flexibility index (Phi) is 4.70. The lowest BCUT2D eigenvalue weighted by Gasteiger charge is -2.18. The minimum Gasteiger partial charge on any atom is -0.486 e. The van der Waals surface area contributed by atoms with E-state index in [1.165, 1.54) is 17.4 Å². The monoisotopic (exact) mass is 437 g/mol. The Hall–Kier alpha value is -3.66. The number of nitrogens with one attached hydrogen (secondary N) is 2. The van der Waals surface area contributed by atoms with Crippen LogP contribution in [-0.2, 0) is 11.2 Å². The summed E-state index contributed by atoms with van der Waals surface area (Å²) in [4.78, 5) is 33.2. The van der Waals surface area contributed by atoms with Gasteiger partial charge < -0.3 is 14.8 Å². The van der Waals surface area contributed by atoms with E-state index in [0.717, 1.165) is 28.3 Å². The molecule has 10 heteroatoms.